The average Bonchev–Trinajstić information content (AvgIpc) is 3.83. The summed E-state index contributed by atoms with van der Waals surface area (Å²) >= 11 is 0. The van der Waals surface area contributed by atoms with Crippen molar-refractivity contribution in [3.63, 3.8) is 0 Å². The van der Waals surface area contributed by atoms with Gasteiger partial charge in [0.1, 0.15) is 17.7 Å². The third-order valence-electron chi connectivity index (χ3n) is 11.7. The van der Waals surface area contributed by atoms with Crippen LogP contribution in [0.5, 0.6) is 5.75 Å². The van der Waals surface area contributed by atoms with E-state index >= 15 is 0 Å². The van der Waals surface area contributed by atoms with E-state index in [4.69, 9.17) is 19.7 Å². The van der Waals surface area contributed by atoms with Crippen LogP contribution in [0.4, 0.5) is 0 Å². The van der Waals surface area contributed by atoms with Crippen molar-refractivity contribution >= 4 is 33.0 Å². The standard InChI is InChI=1S/C51H38N4O/c1-3-15-33(16-4-1)35-19-11-21-37(31-35)49-52-50(38-22-12-20-36(32-38)34-17-5-2-6-18-34)54-51(53-49)42-26-14-30-46-47(42)41-25-13-29-45(48(41)56-46)55-43-27-9-7-23-39(43)40-24-8-10-28-44(40)55/h1-11,13-19,21-25,27-32,42,46-47H,12,20,26H2. The Morgan fingerprint density at radius 1 is 0.589 bits per heavy atom. The van der Waals surface area contributed by atoms with Crippen LogP contribution in [0.25, 0.3) is 61.2 Å². The molecule has 1 aliphatic heterocycles. The molecule has 3 unspecified atom stereocenters. The van der Waals surface area contributed by atoms with Gasteiger partial charge in [0.25, 0.3) is 0 Å². The Morgan fingerprint density at radius 3 is 2.04 bits per heavy atom. The highest BCUT2D eigenvalue weighted by Gasteiger charge is 2.43. The topological polar surface area (TPSA) is 52.8 Å². The van der Waals surface area contributed by atoms with Crippen LogP contribution in [0.2, 0.25) is 0 Å². The molecule has 56 heavy (non-hydrogen) atoms. The van der Waals surface area contributed by atoms with Crippen molar-refractivity contribution in [2.24, 2.45) is 0 Å². The molecule has 2 aliphatic carbocycles. The third kappa shape index (κ3) is 5.50. The summed E-state index contributed by atoms with van der Waals surface area (Å²) in [4.78, 5) is 16.0. The van der Waals surface area contributed by atoms with E-state index in [9.17, 15) is 0 Å². The summed E-state index contributed by atoms with van der Waals surface area (Å²) in [6, 6.07) is 53.6. The zero-order valence-corrected chi connectivity index (χ0v) is 30.8. The Labute approximate surface area is 326 Å². The van der Waals surface area contributed by atoms with E-state index in [1.807, 2.05) is 0 Å². The summed E-state index contributed by atoms with van der Waals surface area (Å²) in [5.41, 5.74) is 11.4. The lowest BCUT2D eigenvalue weighted by Crippen LogP contribution is -2.27. The Bertz CT molecular complexity index is 2830. The van der Waals surface area contributed by atoms with Crippen LogP contribution in [0.1, 0.15) is 53.9 Å². The van der Waals surface area contributed by atoms with Gasteiger partial charge in [-0.2, -0.15) is 0 Å². The van der Waals surface area contributed by atoms with Crippen molar-refractivity contribution in [3.05, 3.63) is 199 Å². The summed E-state index contributed by atoms with van der Waals surface area (Å²) in [6.07, 6.45) is 11.6. The molecule has 2 aromatic heterocycles. The second-order valence-corrected chi connectivity index (χ2v) is 15.0. The normalized spacial score (nSPS) is 18.6. The number of fused-ring (bicyclic) bond motifs is 6. The molecule has 8 aromatic rings. The third-order valence-corrected chi connectivity index (χ3v) is 11.7. The lowest BCUT2D eigenvalue weighted by molar-refractivity contribution is 0.229. The minimum absolute atomic E-state index is 0.0146. The number of hydrogen-bond donors (Lipinski definition) is 0. The van der Waals surface area contributed by atoms with Gasteiger partial charge in [-0.25, -0.2) is 15.0 Å². The fourth-order valence-electron chi connectivity index (χ4n) is 9.08. The molecule has 268 valence electrons. The van der Waals surface area contributed by atoms with E-state index in [0.29, 0.717) is 11.6 Å². The quantitative estimate of drug-likeness (QED) is 0.160. The second kappa shape index (κ2) is 13.5. The first-order chi connectivity index (χ1) is 27.8. The van der Waals surface area contributed by atoms with E-state index in [-0.39, 0.29) is 17.9 Å². The van der Waals surface area contributed by atoms with Crippen LogP contribution < -0.4 is 4.74 Å². The largest absolute Gasteiger partial charge is 0.483 e. The molecular formula is C51H38N4O. The van der Waals surface area contributed by atoms with Crippen molar-refractivity contribution in [2.75, 3.05) is 0 Å². The van der Waals surface area contributed by atoms with Gasteiger partial charge < -0.3 is 9.30 Å². The van der Waals surface area contributed by atoms with Crippen molar-refractivity contribution in [2.45, 2.75) is 37.2 Å². The smallest absolute Gasteiger partial charge is 0.163 e. The monoisotopic (exact) mass is 722 g/mol. The Balaban J connectivity index is 1.06. The first kappa shape index (κ1) is 32.6. The molecule has 0 spiro atoms. The molecule has 0 fully saturated rings. The van der Waals surface area contributed by atoms with Crippen molar-refractivity contribution in [1.29, 1.82) is 0 Å². The average molecular weight is 723 g/mol. The minimum Gasteiger partial charge on any atom is -0.483 e. The number of nitrogens with zero attached hydrogens (tertiary/aromatic N) is 4. The van der Waals surface area contributed by atoms with Crippen LogP contribution in [0.3, 0.4) is 0 Å². The Kier molecular flexibility index (Phi) is 7.83. The van der Waals surface area contributed by atoms with Crippen molar-refractivity contribution in [3.8, 4) is 34.0 Å². The molecule has 5 heteroatoms. The predicted octanol–water partition coefficient (Wildman–Crippen LogP) is 12.2. The molecule has 0 amide bonds. The molecule has 6 aromatic carbocycles. The fraction of sp³-hybridized carbons (Fsp3) is 0.118. The molecule has 5 nitrogen and oxygen atoms in total. The fourth-order valence-corrected chi connectivity index (χ4v) is 9.08. The predicted molar refractivity (Wildman–Crippen MR) is 227 cm³/mol. The maximum atomic E-state index is 7.00. The molecule has 0 bridgehead atoms. The summed E-state index contributed by atoms with van der Waals surface area (Å²) in [5.74, 6) is 3.16. The first-order valence-corrected chi connectivity index (χ1v) is 19.6. The SMILES string of the molecule is C1=CC2Oc3c(cccc3-n3c4ccccc4c4ccccc43)C2C(c2nc(C3=CCCC(c4ccccc4)=C3)nc(-c3cccc(-c4ccccc4)c3)n2)C1. The van der Waals surface area contributed by atoms with Crippen LogP contribution in [0.15, 0.2) is 176 Å². The molecule has 0 saturated heterocycles. The Hall–Kier alpha value is -6.85. The number of benzene rings is 6. The summed E-state index contributed by atoms with van der Waals surface area (Å²) < 4.78 is 9.37. The molecule has 3 heterocycles. The summed E-state index contributed by atoms with van der Waals surface area (Å²) in [6.45, 7) is 0. The second-order valence-electron chi connectivity index (χ2n) is 15.0. The number of allylic oxidation sites excluding steroid dienone is 5. The maximum absolute atomic E-state index is 7.00. The molecule has 3 atom stereocenters. The number of rotatable bonds is 6. The highest BCUT2D eigenvalue weighted by atomic mass is 16.5. The van der Waals surface area contributed by atoms with E-state index in [1.165, 1.54) is 38.5 Å². The van der Waals surface area contributed by atoms with Crippen molar-refractivity contribution < 1.29 is 4.74 Å². The number of aromatic nitrogens is 4. The van der Waals surface area contributed by atoms with E-state index < -0.39 is 0 Å². The summed E-state index contributed by atoms with van der Waals surface area (Å²) in [5, 5.41) is 2.47. The lowest BCUT2D eigenvalue weighted by Gasteiger charge is -2.28. The first-order valence-electron chi connectivity index (χ1n) is 19.6. The van der Waals surface area contributed by atoms with Crippen LogP contribution >= 0.6 is 0 Å². The van der Waals surface area contributed by atoms with Gasteiger partial charge in [-0.1, -0.05) is 140 Å². The van der Waals surface area contributed by atoms with Gasteiger partial charge in [0.2, 0.25) is 0 Å². The van der Waals surface area contributed by atoms with Gasteiger partial charge in [0.15, 0.2) is 11.6 Å². The van der Waals surface area contributed by atoms with Gasteiger partial charge in [-0.3, -0.25) is 0 Å². The minimum atomic E-state index is -0.137. The van der Waals surface area contributed by atoms with Crippen molar-refractivity contribution in [1.82, 2.24) is 19.5 Å². The highest BCUT2D eigenvalue weighted by molar-refractivity contribution is 6.09. The van der Waals surface area contributed by atoms with Crippen LogP contribution in [-0.4, -0.2) is 25.6 Å². The van der Waals surface area contributed by atoms with Gasteiger partial charge in [-0.15, -0.1) is 0 Å². The number of ether oxygens (including phenoxy) is 1. The molecule has 3 aliphatic rings. The summed E-state index contributed by atoms with van der Waals surface area (Å²) in [7, 11) is 0. The van der Waals surface area contributed by atoms with E-state index in [2.05, 4.69) is 181 Å². The van der Waals surface area contributed by atoms with Gasteiger partial charge in [-0.05, 0) is 77.9 Å². The highest BCUT2D eigenvalue weighted by Crippen LogP contribution is 2.52. The molecule has 0 radical (unpaired) electrons. The molecule has 0 saturated carbocycles. The molecular weight excluding hydrogens is 685 g/mol. The Morgan fingerprint density at radius 2 is 1.25 bits per heavy atom. The molecule has 0 N–H and O–H groups in total. The zero-order valence-electron chi connectivity index (χ0n) is 30.8. The lowest BCUT2D eigenvalue weighted by atomic mass is 9.77. The van der Waals surface area contributed by atoms with Gasteiger partial charge >= 0.3 is 0 Å². The van der Waals surface area contributed by atoms with Crippen LogP contribution in [-0.2, 0) is 0 Å². The zero-order chi connectivity index (χ0) is 37.0. The van der Waals surface area contributed by atoms with Crippen LogP contribution in [0, 0.1) is 0 Å². The number of para-hydroxylation sites is 3. The number of hydrogen-bond acceptors (Lipinski definition) is 4. The van der Waals surface area contributed by atoms with E-state index in [1.54, 1.807) is 0 Å². The van der Waals surface area contributed by atoms with E-state index in [0.717, 1.165) is 58.8 Å². The van der Waals surface area contributed by atoms with Gasteiger partial charge in [0, 0.05) is 39.3 Å². The van der Waals surface area contributed by atoms with Gasteiger partial charge in [0.05, 0.1) is 16.7 Å². The maximum Gasteiger partial charge on any atom is 0.163 e. The molecule has 11 rings (SSSR count).